The molecule has 1 heterocycles. The minimum absolute atomic E-state index is 0.000684. The molecule has 0 saturated carbocycles. The van der Waals surface area contributed by atoms with Crippen molar-refractivity contribution in [2.75, 3.05) is 24.9 Å². The highest BCUT2D eigenvalue weighted by molar-refractivity contribution is 7.92. The highest BCUT2D eigenvalue weighted by Gasteiger charge is 2.25. The Morgan fingerprint density at radius 1 is 0.931 bits per heavy atom. The molecule has 0 unspecified atom stereocenters. The molecule has 0 atom stereocenters. The Morgan fingerprint density at radius 2 is 1.55 bits per heavy atom. The monoisotopic (exact) mass is 442 g/mol. The second kappa shape index (κ2) is 8.68. The molecular weight excluding hydrogens is 419 g/mol. The van der Waals surface area contributed by atoms with Gasteiger partial charge in [0, 0.05) is 18.8 Å². The van der Waals surface area contributed by atoms with Gasteiger partial charge in [-0.25, -0.2) is 21.2 Å². The van der Waals surface area contributed by atoms with Crippen LogP contribution in [-0.4, -0.2) is 41.3 Å². The molecule has 2 aromatic rings. The summed E-state index contributed by atoms with van der Waals surface area (Å²) in [5, 5.41) is 0. The van der Waals surface area contributed by atoms with Gasteiger partial charge in [-0.1, -0.05) is 12.8 Å². The largest absolute Gasteiger partial charge is 0.495 e. The third kappa shape index (κ3) is 4.88. The summed E-state index contributed by atoms with van der Waals surface area (Å²) in [6.45, 7) is 0.964. The lowest BCUT2D eigenvalue weighted by atomic mass is 10.2. The molecule has 0 radical (unpaired) electrons. The number of nitrogens with one attached hydrogen (secondary N) is 1. The van der Waals surface area contributed by atoms with Crippen LogP contribution in [-0.2, 0) is 20.0 Å². The van der Waals surface area contributed by atoms with Gasteiger partial charge in [-0.2, -0.15) is 4.31 Å². The summed E-state index contributed by atoms with van der Waals surface area (Å²) < 4.78 is 73.2. The number of sulfonamides is 2. The molecule has 0 amide bonds. The summed E-state index contributed by atoms with van der Waals surface area (Å²) in [5.74, 6) is -0.718. The van der Waals surface area contributed by atoms with Crippen molar-refractivity contribution in [3.63, 3.8) is 0 Å². The van der Waals surface area contributed by atoms with E-state index in [1.54, 1.807) is 0 Å². The van der Waals surface area contributed by atoms with E-state index in [1.165, 1.54) is 41.7 Å². The number of hydrogen-bond donors (Lipinski definition) is 1. The average Bonchev–Trinajstić information content (AvgIpc) is 2.98. The molecule has 2 aromatic carbocycles. The van der Waals surface area contributed by atoms with Crippen LogP contribution in [0.2, 0.25) is 0 Å². The van der Waals surface area contributed by atoms with E-state index < -0.39 is 25.9 Å². The van der Waals surface area contributed by atoms with Crippen molar-refractivity contribution in [2.45, 2.75) is 35.5 Å². The first-order valence-electron chi connectivity index (χ1n) is 9.20. The van der Waals surface area contributed by atoms with Gasteiger partial charge in [0.15, 0.2) is 0 Å². The molecule has 1 N–H and O–H groups in total. The summed E-state index contributed by atoms with van der Waals surface area (Å²) in [6, 6.07) is 8.64. The zero-order valence-electron chi connectivity index (χ0n) is 16.0. The lowest BCUT2D eigenvalue weighted by Gasteiger charge is -2.20. The molecule has 1 fully saturated rings. The van der Waals surface area contributed by atoms with Gasteiger partial charge >= 0.3 is 0 Å². The number of nitrogens with zero attached hydrogens (tertiary/aromatic N) is 1. The summed E-state index contributed by atoms with van der Waals surface area (Å²) in [4.78, 5) is -0.244. The number of halogens is 1. The first-order valence-corrected chi connectivity index (χ1v) is 12.1. The first-order chi connectivity index (χ1) is 13.7. The van der Waals surface area contributed by atoms with Crippen LogP contribution in [0.5, 0.6) is 5.75 Å². The Morgan fingerprint density at radius 3 is 2.14 bits per heavy atom. The van der Waals surface area contributed by atoms with Crippen LogP contribution in [0.3, 0.4) is 0 Å². The van der Waals surface area contributed by atoms with Crippen molar-refractivity contribution >= 4 is 25.7 Å². The second-order valence-electron chi connectivity index (χ2n) is 6.74. The molecule has 0 spiro atoms. The Bertz CT molecular complexity index is 1060. The van der Waals surface area contributed by atoms with E-state index in [-0.39, 0.29) is 21.2 Å². The fraction of sp³-hybridized carbons (Fsp3) is 0.368. The van der Waals surface area contributed by atoms with Gasteiger partial charge in [0.2, 0.25) is 10.0 Å². The Labute approximate surface area is 170 Å². The lowest BCUT2D eigenvalue weighted by Crippen LogP contribution is -2.31. The zero-order valence-corrected chi connectivity index (χ0v) is 17.6. The third-order valence-electron chi connectivity index (χ3n) is 4.72. The van der Waals surface area contributed by atoms with Gasteiger partial charge < -0.3 is 4.74 Å². The Kier molecular flexibility index (Phi) is 6.45. The van der Waals surface area contributed by atoms with E-state index >= 15 is 0 Å². The van der Waals surface area contributed by atoms with Gasteiger partial charge in [0.25, 0.3) is 10.0 Å². The Hall–Kier alpha value is -2.17. The van der Waals surface area contributed by atoms with Crippen LogP contribution < -0.4 is 9.46 Å². The molecule has 3 rings (SSSR count). The first kappa shape index (κ1) is 21.5. The summed E-state index contributed by atoms with van der Waals surface area (Å²) in [5.41, 5.74) is 0.158. The topological polar surface area (TPSA) is 92.8 Å². The summed E-state index contributed by atoms with van der Waals surface area (Å²) in [7, 11) is -6.47. The smallest absolute Gasteiger partial charge is 0.265 e. The highest BCUT2D eigenvalue weighted by Crippen LogP contribution is 2.27. The third-order valence-corrected chi connectivity index (χ3v) is 8.04. The number of hydrogen-bond acceptors (Lipinski definition) is 5. The number of methoxy groups -OCH3 is 1. The number of anilines is 1. The summed E-state index contributed by atoms with van der Waals surface area (Å²) in [6.07, 6.45) is 3.67. The zero-order chi connectivity index (χ0) is 21.1. The van der Waals surface area contributed by atoms with E-state index in [4.69, 9.17) is 4.74 Å². The van der Waals surface area contributed by atoms with Crippen molar-refractivity contribution in [1.82, 2.24) is 4.31 Å². The van der Waals surface area contributed by atoms with Crippen molar-refractivity contribution in [1.29, 1.82) is 0 Å². The van der Waals surface area contributed by atoms with E-state index in [0.717, 1.165) is 37.8 Å². The molecule has 0 bridgehead atoms. The molecule has 158 valence electrons. The van der Waals surface area contributed by atoms with Crippen molar-refractivity contribution in [2.24, 2.45) is 0 Å². The van der Waals surface area contributed by atoms with Crippen LogP contribution in [0.1, 0.15) is 25.7 Å². The minimum atomic E-state index is -4.13. The van der Waals surface area contributed by atoms with Crippen molar-refractivity contribution in [3.8, 4) is 5.75 Å². The van der Waals surface area contributed by atoms with Crippen LogP contribution in [0, 0.1) is 5.82 Å². The van der Waals surface area contributed by atoms with Gasteiger partial charge in [-0.15, -0.1) is 0 Å². The molecule has 29 heavy (non-hydrogen) atoms. The molecule has 0 aliphatic carbocycles. The molecular formula is C19H23FN2O5S2. The fourth-order valence-electron chi connectivity index (χ4n) is 3.20. The second-order valence-corrected chi connectivity index (χ2v) is 10.3. The number of rotatable bonds is 6. The molecule has 1 aliphatic rings. The number of benzene rings is 2. The summed E-state index contributed by atoms with van der Waals surface area (Å²) >= 11 is 0. The van der Waals surface area contributed by atoms with E-state index in [2.05, 4.69) is 4.72 Å². The normalized spacial score (nSPS) is 16.2. The molecule has 7 nitrogen and oxygen atoms in total. The maximum absolute atomic E-state index is 13.5. The van der Waals surface area contributed by atoms with Crippen LogP contribution in [0.4, 0.5) is 10.1 Å². The highest BCUT2D eigenvalue weighted by atomic mass is 32.2. The standard InChI is InChI=1S/C19H23FN2O5S2/c1-27-18-11-6-15(20)14-19(18)28(23,24)21-16-7-9-17(10-8-16)29(25,26)22-12-4-2-3-5-13-22/h6-11,14,21H,2-5,12-13H2,1H3. The minimum Gasteiger partial charge on any atom is -0.495 e. The van der Waals surface area contributed by atoms with Crippen LogP contribution in [0.15, 0.2) is 52.3 Å². The SMILES string of the molecule is COc1ccc(F)cc1S(=O)(=O)Nc1ccc(S(=O)(=O)N2CCCCCC2)cc1. The molecule has 1 aliphatic heterocycles. The predicted molar refractivity (Wildman–Crippen MR) is 107 cm³/mol. The molecule has 1 saturated heterocycles. The van der Waals surface area contributed by atoms with Crippen molar-refractivity contribution in [3.05, 3.63) is 48.3 Å². The average molecular weight is 443 g/mol. The molecule has 0 aromatic heterocycles. The Balaban J connectivity index is 1.83. The van der Waals surface area contributed by atoms with E-state index in [9.17, 15) is 21.2 Å². The van der Waals surface area contributed by atoms with Crippen LogP contribution in [0.25, 0.3) is 0 Å². The molecule has 10 heteroatoms. The maximum atomic E-state index is 13.5. The van der Waals surface area contributed by atoms with E-state index in [0.29, 0.717) is 13.1 Å². The predicted octanol–water partition coefficient (Wildman–Crippen LogP) is 3.20. The van der Waals surface area contributed by atoms with Gasteiger partial charge in [0.05, 0.1) is 12.0 Å². The van der Waals surface area contributed by atoms with E-state index in [1.807, 2.05) is 0 Å². The quantitative estimate of drug-likeness (QED) is 0.742. The number of ether oxygens (including phenoxy) is 1. The van der Waals surface area contributed by atoms with Gasteiger partial charge in [-0.05, 0) is 55.3 Å². The van der Waals surface area contributed by atoms with Gasteiger partial charge in [0.1, 0.15) is 16.5 Å². The van der Waals surface area contributed by atoms with Crippen molar-refractivity contribution < 1.29 is 26.0 Å². The van der Waals surface area contributed by atoms with Gasteiger partial charge in [-0.3, -0.25) is 4.72 Å². The lowest BCUT2D eigenvalue weighted by molar-refractivity contribution is 0.401. The maximum Gasteiger partial charge on any atom is 0.265 e. The fourth-order valence-corrected chi connectivity index (χ4v) is 5.95. The van der Waals surface area contributed by atoms with Crippen LogP contribution >= 0.6 is 0 Å².